The van der Waals surface area contributed by atoms with Gasteiger partial charge in [0.1, 0.15) is 24.2 Å². The second-order valence-electron chi connectivity index (χ2n) is 12.8. The number of nitrogens with two attached hydrogens (primary N) is 1. The third kappa shape index (κ3) is 9.99. The lowest BCUT2D eigenvalue weighted by molar-refractivity contribution is -0.148. The van der Waals surface area contributed by atoms with Gasteiger partial charge >= 0.3 is 5.97 Å². The molecule has 2 saturated heterocycles. The van der Waals surface area contributed by atoms with E-state index in [-0.39, 0.29) is 31.2 Å². The summed E-state index contributed by atoms with van der Waals surface area (Å²) in [7, 11) is 0. The van der Waals surface area contributed by atoms with E-state index in [1.165, 1.54) is 16.1 Å². The van der Waals surface area contributed by atoms with Gasteiger partial charge in [0.15, 0.2) is 0 Å². The molecule has 1 aromatic heterocycles. The molecule has 0 aromatic carbocycles. The molecule has 250 valence electrons. The second-order valence-corrected chi connectivity index (χ2v) is 12.8. The number of carbonyl (C=O) groups excluding carboxylic acids is 5. The molecule has 2 aliphatic rings. The molecule has 2 fully saturated rings. The third-order valence-corrected chi connectivity index (χ3v) is 8.11. The highest BCUT2D eigenvalue weighted by atomic mass is 16.4. The molecule has 15 heteroatoms. The zero-order chi connectivity index (χ0) is 33.3. The normalized spacial score (nSPS) is 20.2. The lowest BCUT2D eigenvalue weighted by Crippen LogP contribution is -2.58. The van der Waals surface area contributed by atoms with Gasteiger partial charge in [-0.1, -0.05) is 27.7 Å². The van der Waals surface area contributed by atoms with Crippen molar-refractivity contribution in [3.05, 3.63) is 18.2 Å². The van der Waals surface area contributed by atoms with Gasteiger partial charge in [-0.3, -0.25) is 24.0 Å². The van der Waals surface area contributed by atoms with E-state index in [0.717, 1.165) is 0 Å². The maximum atomic E-state index is 13.9. The summed E-state index contributed by atoms with van der Waals surface area (Å²) in [6, 6.07) is -4.58. The maximum absolute atomic E-state index is 13.9. The van der Waals surface area contributed by atoms with Gasteiger partial charge in [-0.2, -0.15) is 0 Å². The number of nitrogens with zero attached hydrogens (tertiary/aromatic N) is 3. The van der Waals surface area contributed by atoms with E-state index < -0.39 is 65.7 Å². The molecular formula is C30H48N8O7. The number of aromatic amines is 1. The molecule has 5 atom stereocenters. The molecule has 1 aromatic rings. The van der Waals surface area contributed by atoms with Crippen molar-refractivity contribution < 1.29 is 33.9 Å². The van der Waals surface area contributed by atoms with Crippen LogP contribution in [-0.2, 0) is 35.2 Å². The molecule has 3 rings (SSSR count). The number of rotatable bonds is 15. The minimum absolute atomic E-state index is 0.00880. The zero-order valence-electron chi connectivity index (χ0n) is 26.6. The van der Waals surface area contributed by atoms with Crippen LogP contribution < -0.4 is 21.7 Å². The Kier molecular flexibility index (Phi) is 12.9. The van der Waals surface area contributed by atoms with Crippen molar-refractivity contribution in [3.8, 4) is 0 Å². The van der Waals surface area contributed by atoms with E-state index in [9.17, 15) is 33.9 Å². The number of carboxylic acid groups (broad SMARTS) is 1. The predicted molar refractivity (Wildman–Crippen MR) is 163 cm³/mol. The zero-order valence-corrected chi connectivity index (χ0v) is 26.6. The van der Waals surface area contributed by atoms with Crippen molar-refractivity contribution in [1.82, 2.24) is 35.7 Å². The molecule has 7 N–H and O–H groups in total. The Hall–Kier alpha value is -4.01. The van der Waals surface area contributed by atoms with Gasteiger partial charge in [-0.15, -0.1) is 0 Å². The van der Waals surface area contributed by atoms with Crippen LogP contribution >= 0.6 is 0 Å². The molecule has 0 bridgehead atoms. The number of amides is 5. The maximum Gasteiger partial charge on any atom is 0.326 e. The van der Waals surface area contributed by atoms with Gasteiger partial charge in [0, 0.05) is 31.4 Å². The Morgan fingerprint density at radius 1 is 0.933 bits per heavy atom. The first kappa shape index (κ1) is 35.5. The third-order valence-electron chi connectivity index (χ3n) is 8.11. The molecule has 45 heavy (non-hydrogen) atoms. The first-order valence-electron chi connectivity index (χ1n) is 15.7. The number of hydrogen-bond donors (Lipinski definition) is 6. The Morgan fingerprint density at radius 3 is 2.16 bits per heavy atom. The minimum Gasteiger partial charge on any atom is -0.480 e. The van der Waals surface area contributed by atoms with Crippen molar-refractivity contribution in [1.29, 1.82) is 0 Å². The molecule has 5 amide bonds. The predicted octanol–water partition coefficient (Wildman–Crippen LogP) is -0.476. The summed E-state index contributed by atoms with van der Waals surface area (Å²) >= 11 is 0. The van der Waals surface area contributed by atoms with Gasteiger partial charge < -0.3 is 41.6 Å². The smallest absolute Gasteiger partial charge is 0.326 e. The number of H-pyrrole nitrogens is 1. The number of aliphatic carboxylic acids is 1. The van der Waals surface area contributed by atoms with Gasteiger partial charge in [-0.05, 0) is 50.4 Å². The van der Waals surface area contributed by atoms with Crippen LogP contribution in [0, 0.1) is 11.8 Å². The quantitative estimate of drug-likeness (QED) is 0.147. The molecule has 0 aliphatic carbocycles. The highest BCUT2D eigenvalue weighted by molar-refractivity contribution is 5.96. The molecule has 0 radical (unpaired) electrons. The number of carbonyl (C=O) groups is 6. The number of likely N-dealkylation sites (tertiary alicyclic amines) is 2. The Bertz CT molecular complexity index is 1200. The summed E-state index contributed by atoms with van der Waals surface area (Å²) in [6.45, 7) is 7.92. The second kappa shape index (κ2) is 16.3. The largest absolute Gasteiger partial charge is 0.480 e. The summed E-state index contributed by atoms with van der Waals surface area (Å²) in [5.74, 6) is -3.40. The number of carboxylic acids is 1. The average Bonchev–Trinajstić information content (AvgIpc) is 3.76. The summed E-state index contributed by atoms with van der Waals surface area (Å²) in [4.78, 5) is 87.2. The molecule has 2 aliphatic heterocycles. The lowest BCUT2D eigenvalue weighted by Gasteiger charge is -2.31. The summed E-state index contributed by atoms with van der Waals surface area (Å²) in [5.41, 5.74) is 6.67. The van der Waals surface area contributed by atoms with Crippen LogP contribution in [0.1, 0.15) is 71.9 Å². The van der Waals surface area contributed by atoms with E-state index >= 15 is 0 Å². The monoisotopic (exact) mass is 632 g/mol. The van der Waals surface area contributed by atoms with E-state index in [2.05, 4.69) is 25.9 Å². The van der Waals surface area contributed by atoms with Crippen molar-refractivity contribution >= 4 is 35.5 Å². The number of aromatic nitrogens is 2. The Labute approximate surface area is 263 Å². The van der Waals surface area contributed by atoms with Gasteiger partial charge in [0.2, 0.25) is 29.5 Å². The molecule has 0 spiro atoms. The molecular weight excluding hydrogens is 584 g/mol. The van der Waals surface area contributed by atoms with E-state index in [0.29, 0.717) is 50.9 Å². The first-order chi connectivity index (χ1) is 21.3. The van der Waals surface area contributed by atoms with Crippen LogP contribution in [0.2, 0.25) is 0 Å². The highest BCUT2D eigenvalue weighted by Crippen LogP contribution is 2.21. The van der Waals surface area contributed by atoms with Crippen LogP contribution in [-0.4, -0.2) is 110 Å². The van der Waals surface area contributed by atoms with Crippen LogP contribution in [0.3, 0.4) is 0 Å². The van der Waals surface area contributed by atoms with Crippen molar-refractivity contribution in [2.75, 3.05) is 19.6 Å². The fraction of sp³-hybridized carbons (Fsp3) is 0.700. The highest BCUT2D eigenvalue weighted by Gasteiger charge is 2.40. The number of hydrogen-bond acceptors (Lipinski definition) is 8. The van der Waals surface area contributed by atoms with Gasteiger partial charge in [0.05, 0.1) is 18.9 Å². The van der Waals surface area contributed by atoms with Gasteiger partial charge in [-0.25, -0.2) is 9.78 Å². The molecule has 15 nitrogen and oxygen atoms in total. The lowest BCUT2D eigenvalue weighted by atomic mass is 10.0. The molecule has 0 saturated carbocycles. The topological polar surface area (TPSA) is 220 Å². The minimum atomic E-state index is -1.08. The summed E-state index contributed by atoms with van der Waals surface area (Å²) in [6.07, 6.45) is 5.68. The Balaban J connectivity index is 1.69. The summed E-state index contributed by atoms with van der Waals surface area (Å²) < 4.78 is 0. The van der Waals surface area contributed by atoms with Crippen molar-refractivity contribution in [3.63, 3.8) is 0 Å². The first-order valence-corrected chi connectivity index (χ1v) is 15.7. The van der Waals surface area contributed by atoms with Crippen LogP contribution in [0.25, 0.3) is 0 Å². The Morgan fingerprint density at radius 2 is 1.56 bits per heavy atom. The molecule has 3 heterocycles. The van der Waals surface area contributed by atoms with Gasteiger partial charge in [0.25, 0.3) is 0 Å². The standard InChI is InChI=1S/C30H48N8O7/c1-17(2)11-20(31)26(40)35-21(13-19-14-32-16-34-19)27(41)36-22(12-18(3)4)29(43)38-10-5-7-23(38)28(42)33-15-25(39)37-9-6-8-24(37)30(44)45/h14,16-18,20-24H,5-13,15,31H2,1-4H3,(H,32,34)(H,33,42)(H,35,40)(H,36,41)(H,44,45)/t20-,21-,22-,23-,24-/m0/s1. The SMILES string of the molecule is CC(C)C[C@H](NC(=O)[C@H](Cc1cnc[nH]1)NC(=O)[C@@H](N)CC(C)C)C(=O)N1CCC[C@H]1C(=O)NCC(=O)N1CCC[C@H]1C(=O)O. The van der Waals surface area contributed by atoms with E-state index in [4.69, 9.17) is 5.73 Å². The van der Waals surface area contributed by atoms with Crippen LogP contribution in [0.4, 0.5) is 0 Å². The molecule has 0 unspecified atom stereocenters. The van der Waals surface area contributed by atoms with Crippen LogP contribution in [0.5, 0.6) is 0 Å². The fourth-order valence-corrected chi connectivity index (χ4v) is 5.89. The van der Waals surface area contributed by atoms with Crippen molar-refractivity contribution in [2.24, 2.45) is 17.6 Å². The van der Waals surface area contributed by atoms with E-state index in [1.807, 2.05) is 27.7 Å². The van der Waals surface area contributed by atoms with Crippen LogP contribution in [0.15, 0.2) is 12.5 Å². The fourth-order valence-electron chi connectivity index (χ4n) is 5.89. The number of nitrogens with one attached hydrogen (secondary N) is 4. The van der Waals surface area contributed by atoms with Crippen molar-refractivity contribution in [2.45, 2.75) is 103 Å². The number of imidazole rings is 1. The average molecular weight is 633 g/mol. The van der Waals surface area contributed by atoms with E-state index in [1.54, 1.807) is 6.20 Å². The summed E-state index contributed by atoms with van der Waals surface area (Å²) in [5, 5.41) is 17.5.